The second-order valence-electron chi connectivity index (χ2n) is 5.48. The Labute approximate surface area is 120 Å². The van der Waals surface area contributed by atoms with Gasteiger partial charge in [0.15, 0.2) is 0 Å². The van der Waals surface area contributed by atoms with Gasteiger partial charge in [-0.15, -0.1) is 0 Å². The molecule has 1 aliphatic heterocycles. The van der Waals surface area contributed by atoms with E-state index >= 15 is 0 Å². The molecule has 0 bridgehead atoms. The lowest BCUT2D eigenvalue weighted by molar-refractivity contribution is -0.117. The topological polar surface area (TPSA) is 41.1 Å². The number of fused-ring (bicyclic) bond motifs is 1. The van der Waals surface area contributed by atoms with Crippen LogP contribution in [0, 0.1) is 11.7 Å². The average molecular weight is 278 g/mol. The van der Waals surface area contributed by atoms with E-state index in [-0.39, 0.29) is 17.8 Å². The molecule has 1 aromatic carbocycles. The highest BCUT2D eigenvalue weighted by atomic mass is 19.1. The van der Waals surface area contributed by atoms with E-state index in [1.165, 1.54) is 31.4 Å². The minimum atomic E-state index is -0.346. The number of nitrogens with one attached hydrogen (secondary N) is 2. The van der Waals surface area contributed by atoms with Crippen LogP contribution in [-0.4, -0.2) is 12.5 Å². The molecule has 1 aliphatic rings. The molecule has 2 unspecified atom stereocenters. The van der Waals surface area contributed by atoms with Gasteiger partial charge < -0.3 is 10.6 Å². The van der Waals surface area contributed by atoms with Crippen LogP contribution in [0.5, 0.6) is 0 Å². The van der Waals surface area contributed by atoms with E-state index in [0.717, 1.165) is 18.5 Å². The van der Waals surface area contributed by atoms with E-state index < -0.39 is 0 Å². The van der Waals surface area contributed by atoms with Crippen molar-refractivity contribution in [1.29, 1.82) is 0 Å². The van der Waals surface area contributed by atoms with E-state index in [2.05, 4.69) is 24.5 Å². The molecule has 0 radical (unpaired) electrons. The number of rotatable bonds is 7. The number of amides is 1. The molecule has 1 amide bonds. The molecule has 2 atom stereocenters. The van der Waals surface area contributed by atoms with Crippen LogP contribution in [0.2, 0.25) is 0 Å². The van der Waals surface area contributed by atoms with Crippen molar-refractivity contribution in [2.45, 2.75) is 45.6 Å². The summed E-state index contributed by atoms with van der Waals surface area (Å²) in [5.74, 6) is 0.183. The number of halogens is 1. The fourth-order valence-electron chi connectivity index (χ4n) is 2.67. The number of carbonyl (C=O) groups excluding carboxylic acids is 1. The van der Waals surface area contributed by atoms with Crippen molar-refractivity contribution in [1.82, 2.24) is 5.32 Å². The van der Waals surface area contributed by atoms with E-state index in [0.29, 0.717) is 11.6 Å². The molecule has 1 heterocycles. The highest BCUT2D eigenvalue weighted by Gasteiger charge is 2.30. The third-order valence-corrected chi connectivity index (χ3v) is 4.00. The van der Waals surface area contributed by atoms with Crippen LogP contribution >= 0.6 is 0 Å². The average Bonchev–Trinajstić information content (AvgIpc) is 2.74. The Hall–Kier alpha value is -1.42. The SMILES string of the molecule is CCCCC(CC)CNC1C(=O)Nc2cc(F)ccc21. The molecule has 20 heavy (non-hydrogen) atoms. The lowest BCUT2D eigenvalue weighted by Crippen LogP contribution is -2.31. The van der Waals surface area contributed by atoms with Crippen LogP contribution in [0.25, 0.3) is 0 Å². The lowest BCUT2D eigenvalue weighted by atomic mass is 9.98. The van der Waals surface area contributed by atoms with Gasteiger partial charge in [-0.25, -0.2) is 4.39 Å². The van der Waals surface area contributed by atoms with Crippen molar-refractivity contribution in [2.75, 3.05) is 11.9 Å². The molecular weight excluding hydrogens is 255 g/mol. The molecule has 0 saturated heterocycles. The van der Waals surface area contributed by atoms with E-state index in [4.69, 9.17) is 0 Å². The molecule has 0 fully saturated rings. The molecule has 1 aromatic rings. The Bertz CT molecular complexity index is 476. The Morgan fingerprint density at radius 1 is 1.40 bits per heavy atom. The van der Waals surface area contributed by atoms with E-state index in [9.17, 15) is 9.18 Å². The maximum atomic E-state index is 13.2. The van der Waals surface area contributed by atoms with Crippen LogP contribution in [0.3, 0.4) is 0 Å². The van der Waals surface area contributed by atoms with Crippen molar-refractivity contribution >= 4 is 11.6 Å². The largest absolute Gasteiger partial charge is 0.324 e. The highest BCUT2D eigenvalue weighted by Crippen LogP contribution is 2.31. The summed E-state index contributed by atoms with van der Waals surface area (Å²) in [6.07, 6.45) is 4.71. The van der Waals surface area contributed by atoms with Crippen molar-refractivity contribution in [2.24, 2.45) is 5.92 Å². The molecule has 2 rings (SSSR count). The Kier molecular flexibility index (Phi) is 5.12. The summed E-state index contributed by atoms with van der Waals surface area (Å²) in [5, 5.41) is 6.06. The molecule has 0 spiro atoms. The van der Waals surface area contributed by atoms with E-state index in [1.54, 1.807) is 6.07 Å². The summed E-state index contributed by atoms with van der Waals surface area (Å²) in [6, 6.07) is 4.12. The summed E-state index contributed by atoms with van der Waals surface area (Å²) in [4.78, 5) is 12.0. The van der Waals surface area contributed by atoms with Gasteiger partial charge in [-0.05, 0) is 31.0 Å². The molecular formula is C16H23FN2O. The van der Waals surface area contributed by atoms with Gasteiger partial charge in [0, 0.05) is 11.3 Å². The summed E-state index contributed by atoms with van der Waals surface area (Å²) >= 11 is 0. The van der Waals surface area contributed by atoms with Gasteiger partial charge in [0.2, 0.25) is 5.91 Å². The third-order valence-electron chi connectivity index (χ3n) is 4.00. The lowest BCUT2D eigenvalue weighted by Gasteiger charge is -2.18. The van der Waals surface area contributed by atoms with Crippen LogP contribution in [0.15, 0.2) is 18.2 Å². The predicted molar refractivity (Wildman–Crippen MR) is 79.1 cm³/mol. The van der Waals surface area contributed by atoms with Crippen LogP contribution in [-0.2, 0) is 4.79 Å². The number of benzene rings is 1. The zero-order valence-corrected chi connectivity index (χ0v) is 12.2. The smallest absolute Gasteiger partial charge is 0.246 e. The fourth-order valence-corrected chi connectivity index (χ4v) is 2.67. The Morgan fingerprint density at radius 3 is 2.90 bits per heavy atom. The van der Waals surface area contributed by atoms with Gasteiger partial charge in [-0.1, -0.05) is 39.2 Å². The van der Waals surface area contributed by atoms with Crippen molar-refractivity contribution in [3.05, 3.63) is 29.6 Å². The third kappa shape index (κ3) is 3.37. The van der Waals surface area contributed by atoms with E-state index in [1.807, 2.05) is 0 Å². The number of carbonyl (C=O) groups is 1. The molecule has 0 saturated carbocycles. The molecule has 2 N–H and O–H groups in total. The molecule has 0 aromatic heterocycles. The first kappa shape index (κ1) is 15.0. The minimum absolute atomic E-state index is 0.0871. The summed E-state index contributed by atoms with van der Waals surface area (Å²) in [5.41, 5.74) is 1.44. The number of anilines is 1. The van der Waals surface area contributed by atoms with Crippen LogP contribution < -0.4 is 10.6 Å². The number of unbranched alkanes of at least 4 members (excludes halogenated alkanes) is 1. The number of hydrogen-bond acceptors (Lipinski definition) is 2. The monoisotopic (exact) mass is 278 g/mol. The van der Waals surface area contributed by atoms with Gasteiger partial charge in [0.1, 0.15) is 11.9 Å². The second kappa shape index (κ2) is 6.84. The summed E-state index contributed by atoms with van der Waals surface area (Å²) < 4.78 is 13.2. The molecule has 110 valence electrons. The normalized spacial score (nSPS) is 18.8. The quantitative estimate of drug-likeness (QED) is 0.799. The van der Waals surface area contributed by atoms with Crippen LogP contribution in [0.4, 0.5) is 10.1 Å². The summed E-state index contributed by atoms with van der Waals surface area (Å²) in [6.45, 7) is 5.20. The zero-order valence-electron chi connectivity index (χ0n) is 12.2. The zero-order chi connectivity index (χ0) is 14.5. The standard InChI is InChI=1S/C16H23FN2O/c1-3-5-6-11(4-2)10-18-15-13-8-7-12(17)9-14(13)19-16(15)20/h7-9,11,15,18H,3-6,10H2,1-2H3,(H,19,20). The molecule has 3 nitrogen and oxygen atoms in total. The Morgan fingerprint density at radius 2 is 2.20 bits per heavy atom. The first-order valence-corrected chi connectivity index (χ1v) is 7.49. The highest BCUT2D eigenvalue weighted by molar-refractivity contribution is 6.02. The van der Waals surface area contributed by atoms with Crippen LogP contribution in [0.1, 0.15) is 51.1 Å². The van der Waals surface area contributed by atoms with Crippen molar-refractivity contribution < 1.29 is 9.18 Å². The maximum absolute atomic E-state index is 13.2. The van der Waals surface area contributed by atoms with Gasteiger partial charge in [0.25, 0.3) is 0 Å². The maximum Gasteiger partial charge on any atom is 0.246 e. The first-order chi connectivity index (χ1) is 9.65. The summed E-state index contributed by atoms with van der Waals surface area (Å²) in [7, 11) is 0. The van der Waals surface area contributed by atoms with Gasteiger partial charge in [0.05, 0.1) is 0 Å². The van der Waals surface area contributed by atoms with Gasteiger partial charge in [-0.2, -0.15) is 0 Å². The molecule has 0 aliphatic carbocycles. The van der Waals surface area contributed by atoms with Crippen molar-refractivity contribution in [3.8, 4) is 0 Å². The first-order valence-electron chi connectivity index (χ1n) is 7.49. The van der Waals surface area contributed by atoms with Crippen molar-refractivity contribution in [3.63, 3.8) is 0 Å². The fraction of sp³-hybridized carbons (Fsp3) is 0.562. The van der Waals surface area contributed by atoms with Gasteiger partial charge >= 0.3 is 0 Å². The predicted octanol–water partition coefficient (Wildman–Crippen LogP) is 3.62. The minimum Gasteiger partial charge on any atom is -0.324 e. The van der Waals surface area contributed by atoms with Gasteiger partial charge in [-0.3, -0.25) is 4.79 Å². The number of hydrogen-bond donors (Lipinski definition) is 2. The Balaban J connectivity index is 1.98. The second-order valence-corrected chi connectivity index (χ2v) is 5.48. The molecule has 4 heteroatoms.